The van der Waals surface area contributed by atoms with Crippen LogP contribution >= 0.6 is 0 Å². The first-order valence-electron chi connectivity index (χ1n) is 18.2. The van der Waals surface area contributed by atoms with Crippen molar-refractivity contribution in [3.05, 3.63) is 169 Å². The van der Waals surface area contributed by atoms with Crippen molar-refractivity contribution in [2.24, 2.45) is 0 Å². The molecule has 8 aromatic carbocycles. The summed E-state index contributed by atoms with van der Waals surface area (Å²) in [5.41, 5.74) is 14.5. The lowest BCUT2D eigenvalue weighted by Crippen LogP contribution is -1.98. The van der Waals surface area contributed by atoms with Gasteiger partial charge >= 0.3 is 0 Å². The number of hydrogen-bond donors (Lipinski definition) is 0. The van der Waals surface area contributed by atoms with Gasteiger partial charge in [0.1, 0.15) is 11.2 Å². The third-order valence-electron chi connectivity index (χ3n) is 10.6. The Balaban J connectivity index is 1.41. The predicted octanol–water partition coefficient (Wildman–Crippen LogP) is 14.8. The van der Waals surface area contributed by atoms with Crippen molar-refractivity contribution in [3.8, 4) is 44.5 Å². The van der Waals surface area contributed by atoms with E-state index in [9.17, 15) is 0 Å². The van der Waals surface area contributed by atoms with Gasteiger partial charge in [0.2, 0.25) is 0 Å². The molecule has 0 radical (unpaired) electrons. The molecule has 1 heteroatoms. The Morgan fingerprint density at radius 1 is 0.333 bits per heavy atom. The summed E-state index contributed by atoms with van der Waals surface area (Å²) in [6.45, 7) is 9.20. The van der Waals surface area contributed by atoms with Crippen LogP contribution in [0.4, 0.5) is 0 Å². The molecule has 0 aliphatic carbocycles. The van der Waals surface area contributed by atoms with Gasteiger partial charge in [0, 0.05) is 10.8 Å². The van der Waals surface area contributed by atoms with Crippen LogP contribution in [0.1, 0.15) is 50.7 Å². The molecule has 0 aliphatic heterocycles. The van der Waals surface area contributed by atoms with E-state index < -0.39 is 0 Å². The van der Waals surface area contributed by atoms with Gasteiger partial charge in [-0.1, -0.05) is 167 Å². The van der Waals surface area contributed by atoms with E-state index in [2.05, 4.69) is 179 Å². The summed E-state index contributed by atoms with van der Waals surface area (Å²) in [5.74, 6) is 0.869. The van der Waals surface area contributed by atoms with Gasteiger partial charge in [0.05, 0.1) is 0 Å². The highest BCUT2D eigenvalue weighted by molar-refractivity contribution is 6.24. The highest BCUT2D eigenvalue weighted by Gasteiger charge is 2.23. The minimum Gasteiger partial charge on any atom is -0.456 e. The minimum absolute atomic E-state index is 0.434. The first-order valence-corrected chi connectivity index (χ1v) is 18.2. The Hall–Kier alpha value is -5.92. The summed E-state index contributed by atoms with van der Waals surface area (Å²) in [5, 5.41) is 7.33. The van der Waals surface area contributed by atoms with Crippen LogP contribution in [0.15, 0.2) is 162 Å². The molecule has 0 saturated heterocycles. The van der Waals surface area contributed by atoms with Crippen LogP contribution in [0.3, 0.4) is 0 Å². The molecule has 1 heterocycles. The molecule has 0 atom stereocenters. The van der Waals surface area contributed by atoms with E-state index in [0.29, 0.717) is 11.8 Å². The van der Waals surface area contributed by atoms with E-state index in [0.717, 1.165) is 21.9 Å². The number of hydrogen-bond acceptors (Lipinski definition) is 1. The summed E-state index contributed by atoms with van der Waals surface area (Å²) in [4.78, 5) is 0. The molecule has 9 aromatic rings. The van der Waals surface area contributed by atoms with Crippen molar-refractivity contribution in [3.63, 3.8) is 0 Å². The first kappa shape index (κ1) is 31.1. The summed E-state index contributed by atoms with van der Waals surface area (Å²) >= 11 is 0. The Morgan fingerprint density at radius 3 is 1.45 bits per heavy atom. The fraction of sp³-hybridized carbons (Fsp3) is 0.120. The molecule has 0 bridgehead atoms. The largest absolute Gasteiger partial charge is 0.456 e. The zero-order chi connectivity index (χ0) is 34.6. The van der Waals surface area contributed by atoms with E-state index >= 15 is 0 Å². The van der Waals surface area contributed by atoms with Crippen molar-refractivity contribution in [2.45, 2.75) is 39.5 Å². The molecule has 1 aromatic heterocycles. The fourth-order valence-corrected chi connectivity index (χ4v) is 8.01. The van der Waals surface area contributed by atoms with E-state index in [1.165, 1.54) is 77.2 Å². The Labute approximate surface area is 299 Å². The van der Waals surface area contributed by atoms with Crippen LogP contribution in [-0.4, -0.2) is 0 Å². The third-order valence-corrected chi connectivity index (χ3v) is 10.6. The van der Waals surface area contributed by atoms with Crippen LogP contribution < -0.4 is 0 Å². The van der Waals surface area contributed by atoms with Gasteiger partial charge in [-0.15, -0.1) is 0 Å². The molecule has 0 unspecified atom stereocenters. The second-order valence-electron chi connectivity index (χ2n) is 14.4. The maximum atomic E-state index is 6.27. The average molecular weight is 657 g/mol. The van der Waals surface area contributed by atoms with Crippen LogP contribution in [0.25, 0.3) is 88.0 Å². The van der Waals surface area contributed by atoms with Crippen molar-refractivity contribution in [1.29, 1.82) is 0 Å². The fourth-order valence-electron chi connectivity index (χ4n) is 8.01. The van der Waals surface area contributed by atoms with E-state index in [-0.39, 0.29) is 0 Å². The summed E-state index contributed by atoms with van der Waals surface area (Å²) in [7, 11) is 0. The van der Waals surface area contributed by atoms with Gasteiger partial charge in [-0.05, 0) is 107 Å². The van der Waals surface area contributed by atoms with Gasteiger partial charge in [-0.3, -0.25) is 0 Å². The predicted molar refractivity (Wildman–Crippen MR) is 219 cm³/mol. The summed E-state index contributed by atoms with van der Waals surface area (Å²) in [6.07, 6.45) is 0. The second kappa shape index (κ2) is 12.4. The van der Waals surface area contributed by atoms with Crippen molar-refractivity contribution < 1.29 is 4.42 Å². The zero-order valence-electron chi connectivity index (χ0n) is 29.6. The van der Waals surface area contributed by atoms with E-state index in [1.807, 2.05) is 6.07 Å². The zero-order valence-corrected chi connectivity index (χ0v) is 29.6. The third kappa shape index (κ3) is 5.24. The molecule has 246 valence electrons. The normalized spacial score (nSPS) is 11.9. The number of fused-ring (bicyclic) bond motifs is 5. The average Bonchev–Trinajstić information content (AvgIpc) is 3.55. The molecule has 0 amide bonds. The van der Waals surface area contributed by atoms with E-state index in [1.54, 1.807) is 0 Å². The highest BCUT2D eigenvalue weighted by atomic mass is 16.3. The Bertz CT molecular complexity index is 2660. The van der Waals surface area contributed by atoms with Gasteiger partial charge < -0.3 is 4.42 Å². The maximum absolute atomic E-state index is 6.27. The molecule has 51 heavy (non-hydrogen) atoms. The van der Waals surface area contributed by atoms with E-state index in [4.69, 9.17) is 4.42 Å². The first-order chi connectivity index (χ1) is 25.0. The minimum atomic E-state index is 0.434. The molecular weight excluding hydrogens is 617 g/mol. The molecule has 1 nitrogen and oxygen atoms in total. The van der Waals surface area contributed by atoms with Crippen LogP contribution in [0.5, 0.6) is 0 Å². The Kier molecular flexibility index (Phi) is 7.59. The molecule has 9 rings (SSSR count). The van der Waals surface area contributed by atoms with Gasteiger partial charge in [-0.25, -0.2) is 0 Å². The molecule has 0 spiro atoms. The number of benzene rings is 8. The van der Waals surface area contributed by atoms with Crippen molar-refractivity contribution in [2.75, 3.05) is 0 Å². The summed E-state index contributed by atoms with van der Waals surface area (Å²) in [6, 6.07) is 58.0. The number of para-hydroxylation sites is 1. The second-order valence-corrected chi connectivity index (χ2v) is 14.4. The monoisotopic (exact) mass is 656 g/mol. The molecule has 0 saturated carbocycles. The summed E-state index contributed by atoms with van der Waals surface area (Å²) < 4.78 is 6.27. The molecule has 0 fully saturated rings. The van der Waals surface area contributed by atoms with Crippen LogP contribution in [0, 0.1) is 0 Å². The smallest absolute Gasteiger partial charge is 0.135 e. The highest BCUT2D eigenvalue weighted by Crippen LogP contribution is 2.50. The van der Waals surface area contributed by atoms with Gasteiger partial charge in [-0.2, -0.15) is 0 Å². The van der Waals surface area contributed by atoms with Gasteiger partial charge in [0.25, 0.3) is 0 Å². The molecular formula is C50H40O. The standard InChI is InChI=1S/C50H40O/c1-31(2)35-27-36(32(3)4)29-37(28-35)48-41-18-8-10-20-43(41)50(44-21-11-9-19-42(44)48)49-38(33-15-6-5-7-16-33)22-14-23-39(49)34-25-26-47-45(30-34)40-17-12-13-24-46(40)51-47/h5-32H,1-4H3. The van der Waals surface area contributed by atoms with Crippen LogP contribution in [-0.2, 0) is 0 Å². The molecule has 0 N–H and O–H groups in total. The van der Waals surface area contributed by atoms with Gasteiger partial charge in [0.15, 0.2) is 0 Å². The Morgan fingerprint density at radius 2 is 0.843 bits per heavy atom. The van der Waals surface area contributed by atoms with Crippen LogP contribution in [0.2, 0.25) is 0 Å². The lowest BCUT2D eigenvalue weighted by Gasteiger charge is -2.23. The van der Waals surface area contributed by atoms with Crippen molar-refractivity contribution >= 4 is 43.5 Å². The maximum Gasteiger partial charge on any atom is 0.135 e. The SMILES string of the molecule is CC(C)c1cc(-c2c3ccccc3c(-c3c(-c4ccccc4)cccc3-c3ccc4oc5ccccc5c4c3)c3ccccc23)cc(C(C)C)c1. The lowest BCUT2D eigenvalue weighted by molar-refractivity contribution is 0.669. The topological polar surface area (TPSA) is 13.1 Å². The molecule has 0 aliphatic rings. The lowest BCUT2D eigenvalue weighted by atomic mass is 9.80. The number of rotatable bonds is 6. The van der Waals surface area contributed by atoms with Crippen molar-refractivity contribution in [1.82, 2.24) is 0 Å². The number of furan rings is 1. The quantitative estimate of drug-likeness (QED) is 0.162.